The van der Waals surface area contributed by atoms with E-state index in [1.165, 1.54) is 42.7 Å². The van der Waals surface area contributed by atoms with Gasteiger partial charge in [-0.05, 0) is 35.9 Å². The molecule has 0 N–H and O–H groups in total. The number of sulfone groups is 1. The van der Waals surface area contributed by atoms with E-state index in [0.29, 0.717) is 11.1 Å². The number of aromatic nitrogens is 1. The standard InChI is InChI=1S/C20H15Cl2FN2O3S/c21-18-10-16(23)8-6-15(18)13-28-25-12-19(14-7-9-20(22)24-11-14)29(26,27)17-4-2-1-3-5-17/h1-12,19H,13H2/b25-12+. The molecule has 0 bridgehead atoms. The smallest absolute Gasteiger partial charge is 0.190 e. The molecule has 3 rings (SSSR count). The lowest BCUT2D eigenvalue weighted by molar-refractivity contribution is 0.131. The van der Waals surface area contributed by atoms with Gasteiger partial charge in [0.15, 0.2) is 9.84 Å². The Kier molecular flexibility index (Phi) is 6.84. The van der Waals surface area contributed by atoms with Crippen LogP contribution in [0, 0.1) is 5.82 Å². The van der Waals surface area contributed by atoms with Gasteiger partial charge in [0.1, 0.15) is 22.8 Å². The minimum Gasteiger partial charge on any atom is -0.391 e. The Morgan fingerprint density at radius 1 is 1.10 bits per heavy atom. The molecular formula is C20H15Cl2FN2O3S. The molecule has 1 aromatic heterocycles. The molecule has 0 saturated heterocycles. The highest BCUT2D eigenvalue weighted by Crippen LogP contribution is 2.28. The van der Waals surface area contributed by atoms with Crippen LogP contribution in [0.4, 0.5) is 4.39 Å². The second-order valence-electron chi connectivity index (χ2n) is 5.96. The number of halogens is 3. The highest BCUT2D eigenvalue weighted by molar-refractivity contribution is 7.92. The highest BCUT2D eigenvalue weighted by Gasteiger charge is 2.28. The van der Waals surface area contributed by atoms with E-state index in [0.717, 1.165) is 6.07 Å². The van der Waals surface area contributed by atoms with Crippen molar-refractivity contribution in [2.24, 2.45) is 5.16 Å². The van der Waals surface area contributed by atoms with E-state index in [1.807, 2.05) is 0 Å². The van der Waals surface area contributed by atoms with Crippen LogP contribution in [0.5, 0.6) is 0 Å². The van der Waals surface area contributed by atoms with Gasteiger partial charge in [0, 0.05) is 11.8 Å². The third-order valence-electron chi connectivity index (χ3n) is 3.99. The van der Waals surface area contributed by atoms with Crippen LogP contribution in [0.3, 0.4) is 0 Å². The van der Waals surface area contributed by atoms with E-state index in [9.17, 15) is 12.8 Å². The Balaban J connectivity index is 1.85. The molecule has 0 radical (unpaired) electrons. The minimum atomic E-state index is -3.81. The van der Waals surface area contributed by atoms with Gasteiger partial charge in [-0.15, -0.1) is 0 Å². The van der Waals surface area contributed by atoms with E-state index in [2.05, 4.69) is 10.1 Å². The van der Waals surface area contributed by atoms with Gasteiger partial charge in [0.25, 0.3) is 0 Å². The second-order valence-corrected chi connectivity index (χ2v) is 8.82. The summed E-state index contributed by atoms with van der Waals surface area (Å²) in [6.07, 6.45) is 2.54. The van der Waals surface area contributed by atoms with Crippen molar-refractivity contribution in [3.63, 3.8) is 0 Å². The quantitative estimate of drug-likeness (QED) is 0.279. The molecule has 29 heavy (non-hydrogen) atoms. The number of hydrogen-bond donors (Lipinski definition) is 0. The Hall–Kier alpha value is -2.48. The zero-order valence-electron chi connectivity index (χ0n) is 14.9. The monoisotopic (exact) mass is 452 g/mol. The zero-order chi connectivity index (χ0) is 20.9. The predicted octanol–water partition coefficient (Wildman–Crippen LogP) is 5.25. The molecule has 5 nitrogen and oxygen atoms in total. The van der Waals surface area contributed by atoms with Crippen LogP contribution in [0.25, 0.3) is 0 Å². The van der Waals surface area contributed by atoms with Crippen LogP contribution < -0.4 is 0 Å². The van der Waals surface area contributed by atoms with Crippen molar-refractivity contribution in [2.45, 2.75) is 16.8 Å². The SMILES string of the molecule is O=S(=O)(c1ccccc1)C(/C=N/OCc1ccc(F)cc1Cl)c1ccc(Cl)nc1. The van der Waals surface area contributed by atoms with E-state index in [1.54, 1.807) is 24.3 Å². The summed E-state index contributed by atoms with van der Waals surface area (Å²) in [5, 5.41) is 3.09. The van der Waals surface area contributed by atoms with Gasteiger partial charge in [-0.3, -0.25) is 0 Å². The van der Waals surface area contributed by atoms with Gasteiger partial charge in [-0.1, -0.05) is 58.7 Å². The molecule has 0 aliphatic rings. The molecule has 3 aromatic rings. The molecule has 2 aromatic carbocycles. The lowest BCUT2D eigenvalue weighted by Crippen LogP contribution is -2.15. The number of benzene rings is 2. The lowest BCUT2D eigenvalue weighted by Gasteiger charge is -2.14. The minimum absolute atomic E-state index is 0.0490. The van der Waals surface area contributed by atoms with E-state index in [4.69, 9.17) is 28.0 Å². The number of pyridine rings is 1. The normalized spacial score (nSPS) is 12.8. The molecule has 0 amide bonds. The first kappa shape index (κ1) is 21.2. The second kappa shape index (κ2) is 9.35. The molecule has 150 valence electrons. The molecular weight excluding hydrogens is 438 g/mol. The number of hydrogen-bond acceptors (Lipinski definition) is 5. The zero-order valence-corrected chi connectivity index (χ0v) is 17.2. The van der Waals surface area contributed by atoms with Crippen molar-refractivity contribution >= 4 is 39.3 Å². The van der Waals surface area contributed by atoms with Crippen molar-refractivity contribution in [1.82, 2.24) is 4.98 Å². The topological polar surface area (TPSA) is 68.6 Å². The molecule has 9 heteroatoms. The maximum absolute atomic E-state index is 13.1. The molecule has 0 aliphatic carbocycles. The van der Waals surface area contributed by atoms with Gasteiger partial charge in [0.2, 0.25) is 0 Å². The van der Waals surface area contributed by atoms with Crippen LogP contribution in [0.15, 0.2) is 76.9 Å². The van der Waals surface area contributed by atoms with Gasteiger partial charge >= 0.3 is 0 Å². The van der Waals surface area contributed by atoms with Crippen LogP contribution >= 0.6 is 23.2 Å². The van der Waals surface area contributed by atoms with Gasteiger partial charge in [0.05, 0.1) is 16.1 Å². The van der Waals surface area contributed by atoms with E-state index in [-0.39, 0.29) is 21.7 Å². The fourth-order valence-corrected chi connectivity index (χ4v) is 4.37. The third-order valence-corrected chi connectivity index (χ3v) is 6.56. The lowest BCUT2D eigenvalue weighted by atomic mass is 10.2. The van der Waals surface area contributed by atoms with Crippen LogP contribution in [0.2, 0.25) is 10.2 Å². The molecule has 1 atom stereocenters. The van der Waals surface area contributed by atoms with E-state index < -0.39 is 20.9 Å². The van der Waals surface area contributed by atoms with Gasteiger partial charge in [-0.25, -0.2) is 17.8 Å². The maximum Gasteiger partial charge on any atom is 0.190 e. The Bertz CT molecular complexity index is 1110. The summed E-state index contributed by atoms with van der Waals surface area (Å²) >= 11 is 11.8. The number of oxime groups is 1. The Labute approximate surface area is 177 Å². The van der Waals surface area contributed by atoms with Crippen molar-refractivity contribution in [3.8, 4) is 0 Å². The van der Waals surface area contributed by atoms with Gasteiger partial charge in [-0.2, -0.15) is 0 Å². The van der Waals surface area contributed by atoms with Crippen LogP contribution in [0.1, 0.15) is 16.4 Å². The summed E-state index contributed by atoms with van der Waals surface area (Å²) < 4.78 is 39.3. The average molecular weight is 453 g/mol. The Morgan fingerprint density at radius 2 is 1.86 bits per heavy atom. The van der Waals surface area contributed by atoms with Crippen molar-refractivity contribution in [2.75, 3.05) is 0 Å². The fourth-order valence-electron chi connectivity index (χ4n) is 2.50. The average Bonchev–Trinajstić information content (AvgIpc) is 2.71. The fraction of sp³-hybridized carbons (Fsp3) is 0.100. The number of nitrogens with zero attached hydrogens (tertiary/aromatic N) is 2. The molecule has 0 fully saturated rings. The van der Waals surface area contributed by atoms with Crippen molar-refractivity contribution in [3.05, 3.63) is 94.0 Å². The predicted molar refractivity (Wildman–Crippen MR) is 110 cm³/mol. The summed E-state index contributed by atoms with van der Waals surface area (Å²) in [5.41, 5.74) is 0.895. The van der Waals surface area contributed by atoms with E-state index >= 15 is 0 Å². The molecule has 0 spiro atoms. The maximum atomic E-state index is 13.1. The summed E-state index contributed by atoms with van der Waals surface area (Å²) in [6, 6.07) is 14.9. The molecule has 0 saturated carbocycles. The molecule has 0 aliphatic heterocycles. The highest BCUT2D eigenvalue weighted by atomic mass is 35.5. The summed E-state index contributed by atoms with van der Waals surface area (Å²) in [4.78, 5) is 9.28. The molecule has 1 heterocycles. The number of rotatable bonds is 7. The van der Waals surface area contributed by atoms with Crippen LogP contribution in [-0.4, -0.2) is 19.6 Å². The first-order valence-corrected chi connectivity index (χ1v) is 10.7. The van der Waals surface area contributed by atoms with Crippen molar-refractivity contribution in [1.29, 1.82) is 0 Å². The summed E-state index contributed by atoms with van der Waals surface area (Å²) in [7, 11) is -3.81. The summed E-state index contributed by atoms with van der Waals surface area (Å²) in [6.45, 7) is -0.0490. The first-order valence-electron chi connectivity index (χ1n) is 8.37. The van der Waals surface area contributed by atoms with Gasteiger partial charge < -0.3 is 4.84 Å². The largest absolute Gasteiger partial charge is 0.391 e. The molecule has 1 unspecified atom stereocenters. The first-order chi connectivity index (χ1) is 13.9. The summed E-state index contributed by atoms with van der Waals surface area (Å²) in [5.74, 6) is -0.466. The Morgan fingerprint density at radius 3 is 2.52 bits per heavy atom. The van der Waals surface area contributed by atoms with Crippen molar-refractivity contribution < 1.29 is 17.6 Å². The third kappa shape index (κ3) is 5.32. The van der Waals surface area contributed by atoms with Crippen LogP contribution in [-0.2, 0) is 21.3 Å².